The van der Waals surface area contributed by atoms with Crippen molar-refractivity contribution in [2.45, 2.75) is 39.3 Å². The third-order valence-electron chi connectivity index (χ3n) is 2.12. The first-order chi connectivity index (χ1) is 7.08. The van der Waals surface area contributed by atoms with Crippen LogP contribution < -0.4 is 10.6 Å². The minimum atomic E-state index is -3.06. The smallest absolute Gasteiger partial charge is 0.239 e. The van der Waals surface area contributed by atoms with Gasteiger partial charge in [0.2, 0.25) is 5.91 Å². The average Bonchev–Trinajstić information content (AvgIpc) is 1.99. The third kappa shape index (κ3) is 6.07. The lowest BCUT2D eigenvalue weighted by Crippen LogP contribution is -2.55. The van der Waals surface area contributed by atoms with Crippen molar-refractivity contribution in [3.8, 4) is 0 Å². The summed E-state index contributed by atoms with van der Waals surface area (Å²) in [5, 5.41) is 5.71. The van der Waals surface area contributed by atoms with Gasteiger partial charge < -0.3 is 10.6 Å². The fourth-order valence-electron chi connectivity index (χ4n) is 1.42. The molecule has 0 aromatic rings. The number of carbonyl (C=O) groups excluding carboxylic acids is 1. The predicted octanol–water partition coefficient (Wildman–Crippen LogP) is -0.0762. The number of amides is 1. The maximum absolute atomic E-state index is 11.8. The summed E-state index contributed by atoms with van der Waals surface area (Å²) in [7, 11) is -3.06. The topological polar surface area (TPSA) is 75.3 Å². The highest BCUT2D eigenvalue weighted by atomic mass is 32.2. The molecular formula is C10H22N2O3S. The Morgan fingerprint density at radius 1 is 1.38 bits per heavy atom. The van der Waals surface area contributed by atoms with Crippen LogP contribution in [-0.4, -0.2) is 44.5 Å². The van der Waals surface area contributed by atoms with E-state index in [1.54, 1.807) is 20.8 Å². The maximum atomic E-state index is 11.8. The molecule has 1 atom stereocenters. The molecule has 16 heavy (non-hydrogen) atoms. The quantitative estimate of drug-likeness (QED) is 0.691. The van der Waals surface area contributed by atoms with Gasteiger partial charge in [-0.15, -0.1) is 0 Å². The Hall–Kier alpha value is -0.620. The second-order valence-corrected chi connectivity index (χ2v) is 6.81. The van der Waals surface area contributed by atoms with Crippen molar-refractivity contribution < 1.29 is 13.2 Å². The first-order valence-electron chi connectivity index (χ1n) is 5.32. The van der Waals surface area contributed by atoms with E-state index in [-0.39, 0.29) is 17.7 Å². The predicted molar refractivity (Wildman–Crippen MR) is 65.1 cm³/mol. The number of hydrogen-bond acceptors (Lipinski definition) is 4. The van der Waals surface area contributed by atoms with Gasteiger partial charge in [0.15, 0.2) is 0 Å². The summed E-state index contributed by atoms with van der Waals surface area (Å²) < 4.78 is 22.1. The van der Waals surface area contributed by atoms with Crippen LogP contribution in [0, 0.1) is 0 Å². The molecular weight excluding hydrogens is 228 g/mol. The van der Waals surface area contributed by atoms with Gasteiger partial charge in [-0.25, -0.2) is 8.42 Å². The van der Waals surface area contributed by atoms with Crippen LogP contribution >= 0.6 is 0 Å². The fraction of sp³-hybridized carbons (Fsp3) is 0.900. The molecule has 0 aromatic heterocycles. The lowest BCUT2D eigenvalue weighted by atomic mass is 10.0. The summed E-state index contributed by atoms with van der Waals surface area (Å²) >= 11 is 0. The van der Waals surface area contributed by atoms with Crippen LogP contribution in [0.1, 0.15) is 27.7 Å². The minimum absolute atomic E-state index is 0.0407. The summed E-state index contributed by atoms with van der Waals surface area (Å²) in [6.45, 7) is 7.80. The third-order valence-corrected chi connectivity index (χ3v) is 3.22. The Morgan fingerprint density at radius 2 is 1.88 bits per heavy atom. The van der Waals surface area contributed by atoms with Crippen LogP contribution in [0.2, 0.25) is 0 Å². The standard InChI is InChI=1S/C10H22N2O3S/c1-6-11-10(3,4)9(13)12-8(2)7-16(5,14)15/h8,11H,6-7H2,1-5H3,(H,12,13). The Kier molecular flexibility index (Phi) is 5.41. The van der Waals surface area contributed by atoms with Crippen molar-refractivity contribution in [2.75, 3.05) is 18.6 Å². The average molecular weight is 250 g/mol. The van der Waals surface area contributed by atoms with Crippen molar-refractivity contribution in [3.05, 3.63) is 0 Å². The molecule has 96 valence electrons. The number of hydrogen-bond donors (Lipinski definition) is 2. The molecule has 0 aliphatic carbocycles. The monoisotopic (exact) mass is 250 g/mol. The van der Waals surface area contributed by atoms with Crippen molar-refractivity contribution in [2.24, 2.45) is 0 Å². The Labute approximate surface area is 97.9 Å². The zero-order chi connectivity index (χ0) is 13.0. The highest BCUT2D eigenvalue weighted by Crippen LogP contribution is 2.02. The van der Waals surface area contributed by atoms with Crippen LogP contribution in [0.25, 0.3) is 0 Å². The second kappa shape index (κ2) is 5.63. The molecule has 0 saturated heterocycles. The van der Waals surface area contributed by atoms with E-state index in [0.717, 1.165) is 6.26 Å². The summed E-state index contributed by atoms with van der Waals surface area (Å²) in [6.07, 6.45) is 1.16. The second-order valence-electron chi connectivity index (χ2n) is 4.62. The minimum Gasteiger partial charge on any atom is -0.351 e. The van der Waals surface area contributed by atoms with Gasteiger partial charge in [0.1, 0.15) is 9.84 Å². The highest BCUT2D eigenvalue weighted by molar-refractivity contribution is 7.90. The maximum Gasteiger partial charge on any atom is 0.239 e. The summed E-state index contributed by atoms with van der Waals surface area (Å²) in [5.41, 5.74) is -0.680. The molecule has 0 aromatic carbocycles. The number of rotatable bonds is 6. The largest absolute Gasteiger partial charge is 0.351 e. The Bertz CT molecular complexity index is 336. The zero-order valence-electron chi connectivity index (χ0n) is 10.6. The number of likely N-dealkylation sites (N-methyl/N-ethyl adjacent to an activating group) is 1. The van der Waals surface area contributed by atoms with Crippen molar-refractivity contribution in [1.82, 2.24) is 10.6 Å². The van der Waals surface area contributed by atoms with E-state index in [1.165, 1.54) is 0 Å². The Balaban J connectivity index is 4.35. The zero-order valence-corrected chi connectivity index (χ0v) is 11.4. The number of nitrogens with one attached hydrogen (secondary N) is 2. The summed E-state index contributed by atoms with van der Waals surface area (Å²) in [4.78, 5) is 11.8. The molecule has 0 rings (SSSR count). The van der Waals surface area contributed by atoms with Gasteiger partial charge >= 0.3 is 0 Å². The van der Waals surface area contributed by atoms with Gasteiger partial charge in [-0.1, -0.05) is 6.92 Å². The van der Waals surface area contributed by atoms with Crippen LogP contribution in [0.3, 0.4) is 0 Å². The van der Waals surface area contributed by atoms with Crippen LogP contribution in [0.5, 0.6) is 0 Å². The van der Waals surface area contributed by atoms with Gasteiger partial charge in [0.25, 0.3) is 0 Å². The van der Waals surface area contributed by atoms with E-state index >= 15 is 0 Å². The molecule has 6 heteroatoms. The molecule has 5 nitrogen and oxygen atoms in total. The van der Waals surface area contributed by atoms with E-state index in [4.69, 9.17) is 0 Å². The first-order valence-corrected chi connectivity index (χ1v) is 7.38. The highest BCUT2D eigenvalue weighted by Gasteiger charge is 2.27. The molecule has 0 bridgehead atoms. The lowest BCUT2D eigenvalue weighted by molar-refractivity contribution is -0.126. The van der Waals surface area contributed by atoms with Crippen LogP contribution in [0.15, 0.2) is 0 Å². The molecule has 0 aliphatic rings. The van der Waals surface area contributed by atoms with Gasteiger partial charge in [-0.05, 0) is 27.3 Å². The van der Waals surface area contributed by atoms with E-state index in [2.05, 4.69) is 10.6 Å². The number of carbonyl (C=O) groups is 1. The van der Waals surface area contributed by atoms with E-state index < -0.39 is 15.4 Å². The molecule has 0 saturated carbocycles. The summed E-state index contributed by atoms with van der Waals surface area (Å²) in [6, 6.07) is -0.375. The summed E-state index contributed by atoms with van der Waals surface area (Å²) in [5.74, 6) is -0.230. The molecule has 0 fully saturated rings. The molecule has 0 heterocycles. The fourth-order valence-corrected chi connectivity index (χ4v) is 2.41. The lowest BCUT2D eigenvalue weighted by Gasteiger charge is -2.26. The van der Waals surface area contributed by atoms with Crippen LogP contribution in [0.4, 0.5) is 0 Å². The van der Waals surface area contributed by atoms with Crippen molar-refractivity contribution in [1.29, 1.82) is 0 Å². The molecule has 0 spiro atoms. The SMILES string of the molecule is CCNC(C)(C)C(=O)NC(C)CS(C)(=O)=O. The van der Waals surface area contributed by atoms with Crippen molar-refractivity contribution in [3.63, 3.8) is 0 Å². The van der Waals surface area contributed by atoms with E-state index in [1.807, 2.05) is 6.92 Å². The van der Waals surface area contributed by atoms with E-state index in [9.17, 15) is 13.2 Å². The number of sulfone groups is 1. The van der Waals surface area contributed by atoms with Gasteiger partial charge in [-0.3, -0.25) is 4.79 Å². The van der Waals surface area contributed by atoms with Gasteiger partial charge in [0.05, 0.1) is 11.3 Å². The van der Waals surface area contributed by atoms with Gasteiger partial charge in [0, 0.05) is 12.3 Å². The molecule has 1 unspecified atom stereocenters. The van der Waals surface area contributed by atoms with E-state index in [0.29, 0.717) is 6.54 Å². The molecule has 0 radical (unpaired) electrons. The molecule has 1 amide bonds. The molecule has 0 aliphatic heterocycles. The van der Waals surface area contributed by atoms with Crippen LogP contribution in [-0.2, 0) is 14.6 Å². The first kappa shape index (κ1) is 15.4. The normalized spacial score (nSPS) is 14.6. The molecule has 2 N–H and O–H groups in total. The Morgan fingerprint density at radius 3 is 2.25 bits per heavy atom. The van der Waals surface area contributed by atoms with Crippen molar-refractivity contribution >= 4 is 15.7 Å². The van der Waals surface area contributed by atoms with Gasteiger partial charge in [-0.2, -0.15) is 0 Å².